The van der Waals surface area contributed by atoms with Gasteiger partial charge in [-0.2, -0.15) is 0 Å². The molecule has 2 rings (SSSR count). The Kier molecular flexibility index (Phi) is 5.32. The summed E-state index contributed by atoms with van der Waals surface area (Å²) in [6, 6.07) is 1.76. The molecule has 1 heterocycles. The largest absolute Gasteiger partial charge is 0.409 e. The first kappa shape index (κ1) is 16.8. The number of oxime groups is 1. The number of nitrogens with one attached hydrogen (secondary N) is 1. The highest BCUT2D eigenvalue weighted by Gasteiger charge is 2.40. The Bertz CT molecular complexity index is 566. The minimum Gasteiger partial charge on any atom is -0.409 e. The summed E-state index contributed by atoms with van der Waals surface area (Å²) in [6.07, 6.45) is 3.23. The molecule has 21 heavy (non-hydrogen) atoms. The van der Waals surface area contributed by atoms with Crippen LogP contribution in [0.25, 0.3) is 0 Å². The summed E-state index contributed by atoms with van der Waals surface area (Å²) in [4.78, 5) is 12.5. The van der Waals surface area contributed by atoms with Crippen LogP contribution < -0.4 is 11.1 Å². The minimum absolute atomic E-state index is 0.0770. The summed E-state index contributed by atoms with van der Waals surface area (Å²) in [7, 11) is 0. The van der Waals surface area contributed by atoms with Gasteiger partial charge in [-0.15, -0.1) is 11.3 Å². The van der Waals surface area contributed by atoms with E-state index in [1.807, 2.05) is 0 Å². The van der Waals surface area contributed by atoms with Crippen LogP contribution in [0.5, 0.6) is 0 Å². The maximum absolute atomic E-state index is 12.5. The Labute approximate surface area is 144 Å². The second-order valence-corrected chi connectivity index (χ2v) is 9.19. The number of carbonyl (C=O) groups excluding carboxylic acids is 1. The summed E-state index contributed by atoms with van der Waals surface area (Å²) < 4.78 is 1.63. The zero-order valence-electron chi connectivity index (χ0n) is 11.5. The van der Waals surface area contributed by atoms with Crippen LogP contribution in [0.15, 0.2) is 18.8 Å². The number of rotatable bonds is 3. The number of halogens is 2. The Hall–Kier alpha value is -0.600. The first-order valence-electron chi connectivity index (χ1n) is 6.63. The van der Waals surface area contributed by atoms with Crippen LogP contribution in [0, 0.1) is 5.92 Å². The molecule has 0 aromatic carbocycles. The van der Waals surface area contributed by atoms with Crippen molar-refractivity contribution in [1.29, 1.82) is 0 Å². The lowest BCUT2D eigenvalue weighted by Crippen LogP contribution is -2.59. The van der Waals surface area contributed by atoms with Crippen LogP contribution >= 0.6 is 43.2 Å². The number of amidine groups is 1. The normalized spacial score (nSPS) is 26.6. The molecule has 0 bridgehead atoms. The van der Waals surface area contributed by atoms with E-state index in [9.17, 15) is 4.79 Å². The number of hydrogen-bond acceptors (Lipinski definition) is 4. The van der Waals surface area contributed by atoms with E-state index in [1.54, 1.807) is 6.07 Å². The van der Waals surface area contributed by atoms with E-state index in [4.69, 9.17) is 10.9 Å². The number of thiophene rings is 1. The number of carbonyl (C=O) groups is 1. The Morgan fingerprint density at radius 2 is 2.14 bits per heavy atom. The molecule has 0 aliphatic heterocycles. The maximum atomic E-state index is 12.5. The van der Waals surface area contributed by atoms with Crippen LogP contribution in [0.1, 0.15) is 43.0 Å². The molecule has 0 radical (unpaired) electrons. The van der Waals surface area contributed by atoms with Crippen molar-refractivity contribution in [3.8, 4) is 0 Å². The lowest BCUT2D eigenvalue weighted by molar-refractivity contribution is 0.0897. The predicted molar refractivity (Wildman–Crippen MR) is 91.0 cm³/mol. The van der Waals surface area contributed by atoms with Crippen LogP contribution in [0.4, 0.5) is 0 Å². The Morgan fingerprint density at radius 1 is 1.52 bits per heavy atom. The van der Waals surface area contributed by atoms with Gasteiger partial charge in [0.1, 0.15) is 5.54 Å². The van der Waals surface area contributed by atoms with Gasteiger partial charge in [0.25, 0.3) is 5.91 Å². The third-order valence-electron chi connectivity index (χ3n) is 3.98. The van der Waals surface area contributed by atoms with Gasteiger partial charge in [0.2, 0.25) is 0 Å². The molecule has 1 aromatic heterocycles. The van der Waals surface area contributed by atoms with Crippen molar-refractivity contribution in [3.05, 3.63) is 19.2 Å². The van der Waals surface area contributed by atoms with Gasteiger partial charge < -0.3 is 16.3 Å². The quantitative estimate of drug-likeness (QED) is 0.291. The molecule has 0 atom stereocenters. The van der Waals surface area contributed by atoms with E-state index in [0.29, 0.717) is 24.3 Å². The zero-order valence-corrected chi connectivity index (χ0v) is 15.5. The topological polar surface area (TPSA) is 87.7 Å². The van der Waals surface area contributed by atoms with Crippen molar-refractivity contribution in [3.63, 3.8) is 0 Å². The van der Waals surface area contributed by atoms with Gasteiger partial charge in [-0.3, -0.25) is 4.79 Å². The van der Waals surface area contributed by atoms with Crippen LogP contribution in [0.2, 0.25) is 0 Å². The fourth-order valence-corrected chi connectivity index (χ4v) is 5.37. The maximum Gasteiger partial charge on any atom is 0.254 e. The summed E-state index contributed by atoms with van der Waals surface area (Å²) in [5, 5.41) is 15.2. The van der Waals surface area contributed by atoms with Crippen molar-refractivity contribution in [2.75, 3.05) is 0 Å². The van der Waals surface area contributed by atoms with Crippen molar-refractivity contribution in [1.82, 2.24) is 5.32 Å². The van der Waals surface area contributed by atoms with Gasteiger partial charge in [0.15, 0.2) is 5.84 Å². The molecule has 0 unspecified atom stereocenters. The molecule has 1 aromatic rings. The first-order chi connectivity index (χ1) is 9.88. The van der Waals surface area contributed by atoms with Crippen LogP contribution in [-0.4, -0.2) is 22.5 Å². The second-order valence-electron chi connectivity index (χ2n) is 5.44. The van der Waals surface area contributed by atoms with Gasteiger partial charge in [0.05, 0.1) is 13.1 Å². The standard InChI is InChI=1S/C13H17Br2N3O2S/c1-7-2-4-13(5-3-7,12(16)18-20)17-11(19)8-6-9(14)21-10(8)15/h6-7,20H,2-5H2,1H3,(H2,16,18)(H,17,19). The van der Waals surface area contributed by atoms with Crippen molar-refractivity contribution < 1.29 is 10.0 Å². The highest BCUT2D eigenvalue weighted by Crippen LogP contribution is 2.35. The van der Waals surface area contributed by atoms with E-state index in [1.165, 1.54) is 11.3 Å². The number of nitrogens with two attached hydrogens (primary N) is 1. The summed E-state index contributed by atoms with van der Waals surface area (Å²) in [5.74, 6) is 0.446. The minimum atomic E-state index is -0.758. The molecule has 4 N–H and O–H groups in total. The van der Waals surface area contributed by atoms with Gasteiger partial charge in [-0.05, 0) is 69.5 Å². The van der Waals surface area contributed by atoms with Gasteiger partial charge in [-0.1, -0.05) is 12.1 Å². The summed E-state index contributed by atoms with van der Waals surface area (Å²) >= 11 is 8.18. The monoisotopic (exact) mass is 437 g/mol. The van der Waals surface area contributed by atoms with Crippen molar-refractivity contribution in [2.45, 2.75) is 38.1 Å². The third-order valence-corrected chi connectivity index (χ3v) is 6.32. The van der Waals surface area contributed by atoms with Crippen LogP contribution in [0.3, 0.4) is 0 Å². The third kappa shape index (κ3) is 3.60. The highest BCUT2D eigenvalue weighted by molar-refractivity contribution is 9.12. The van der Waals surface area contributed by atoms with Crippen molar-refractivity contribution >= 4 is 54.9 Å². The molecule has 1 saturated carbocycles. The smallest absolute Gasteiger partial charge is 0.254 e. The van der Waals surface area contributed by atoms with E-state index < -0.39 is 5.54 Å². The first-order valence-corrected chi connectivity index (χ1v) is 9.03. The Morgan fingerprint density at radius 3 is 2.62 bits per heavy atom. The molecular formula is C13H17Br2N3O2S. The summed E-state index contributed by atoms with van der Waals surface area (Å²) in [6.45, 7) is 2.17. The highest BCUT2D eigenvalue weighted by atomic mass is 79.9. The molecule has 0 spiro atoms. The van der Waals surface area contributed by atoms with Gasteiger partial charge in [-0.25, -0.2) is 0 Å². The van der Waals surface area contributed by atoms with E-state index in [-0.39, 0.29) is 11.7 Å². The van der Waals surface area contributed by atoms with Crippen molar-refractivity contribution in [2.24, 2.45) is 16.8 Å². The zero-order chi connectivity index (χ0) is 15.6. The van der Waals surface area contributed by atoms with Gasteiger partial charge >= 0.3 is 0 Å². The number of hydrogen-bond donors (Lipinski definition) is 3. The van der Waals surface area contributed by atoms with Crippen LogP contribution in [-0.2, 0) is 0 Å². The molecular weight excluding hydrogens is 422 g/mol. The molecule has 8 heteroatoms. The Balaban J connectivity index is 2.23. The average Bonchev–Trinajstić information content (AvgIpc) is 2.79. The summed E-state index contributed by atoms with van der Waals surface area (Å²) in [5.41, 5.74) is 5.66. The lowest BCUT2D eigenvalue weighted by atomic mass is 9.76. The van der Waals surface area contributed by atoms with E-state index in [0.717, 1.165) is 20.4 Å². The molecule has 0 saturated heterocycles. The SMILES string of the molecule is CC1CCC(NC(=O)c2cc(Br)sc2Br)(/C(N)=N/O)CC1. The molecule has 1 fully saturated rings. The van der Waals surface area contributed by atoms with Gasteiger partial charge in [0, 0.05) is 0 Å². The molecule has 116 valence electrons. The molecule has 5 nitrogen and oxygen atoms in total. The second kappa shape index (κ2) is 6.66. The predicted octanol–water partition coefficient (Wildman–Crippen LogP) is 3.70. The lowest BCUT2D eigenvalue weighted by Gasteiger charge is -2.38. The molecule has 1 aliphatic carbocycles. The van der Waals surface area contributed by atoms with E-state index >= 15 is 0 Å². The molecule has 1 amide bonds. The molecule has 1 aliphatic rings. The number of amides is 1. The fraction of sp³-hybridized carbons (Fsp3) is 0.538. The fourth-order valence-electron chi connectivity index (χ4n) is 2.58. The number of nitrogens with zero attached hydrogens (tertiary/aromatic N) is 1. The average molecular weight is 439 g/mol. The van der Waals surface area contributed by atoms with E-state index in [2.05, 4.69) is 49.3 Å².